The molecule has 0 aliphatic heterocycles. The van der Waals surface area contributed by atoms with Crippen molar-refractivity contribution in [1.82, 2.24) is 4.90 Å². The van der Waals surface area contributed by atoms with Gasteiger partial charge in [0.15, 0.2) is 0 Å². The summed E-state index contributed by atoms with van der Waals surface area (Å²) >= 11 is 3.48. The molecule has 0 rings (SSSR count). The Balaban J connectivity index is 0. The van der Waals surface area contributed by atoms with Crippen LogP contribution in [0.15, 0.2) is 72.9 Å². The lowest BCUT2D eigenvalue weighted by Crippen LogP contribution is -2.28. The molecule has 0 aromatic heterocycles. The van der Waals surface area contributed by atoms with Crippen LogP contribution in [0.5, 0.6) is 0 Å². The molecule has 61 heavy (non-hydrogen) atoms. The molecule has 0 saturated heterocycles. The molecule has 0 amide bonds. The molecule has 0 radical (unpaired) electrons. The van der Waals surface area contributed by atoms with Gasteiger partial charge in [-0.1, -0.05) is 225 Å². The lowest BCUT2D eigenvalue weighted by atomic mass is 10.1. The maximum absolute atomic E-state index is 11.1. The summed E-state index contributed by atoms with van der Waals surface area (Å²) in [6.45, 7) is 9.59. The van der Waals surface area contributed by atoms with E-state index < -0.39 is 5.97 Å². The number of carbonyl (C=O) groups is 1. The van der Waals surface area contributed by atoms with Crippen molar-refractivity contribution in [3.63, 3.8) is 0 Å². The minimum absolute atomic E-state index is 0.268. The number of halogens is 1. The van der Waals surface area contributed by atoms with Gasteiger partial charge < -0.3 is 10.0 Å². The zero-order chi connectivity index (χ0) is 44.6. The molecular weight excluding hydrogens is 811 g/mol. The number of hydrogen-bond acceptors (Lipinski definition) is 2. The van der Waals surface area contributed by atoms with Gasteiger partial charge in [-0.3, -0.25) is 4.79 Å². The molecule has 0 spiro atoms. The van der Waals surface area contributed by atoms with E-state index >= 15 is 0 Å². The third kappa shape index (κ3) is 60.5. The van der Waals surface area contributed by atoms with Crippen LogP contribution in [0.4, 0.5) is 0 Å². The first-order valence-electron chi connectivity index (χ1n) is 26.5. The van der Waals surface area contributed by atoms with E-state index in [1.807, 2.05) is 0 Å². The van der Waals surface area contributed by atoms with Crippen molar-refractivity contribution in [2.45, 2.75) is 258 Å². The highest BCUT2D eigenvalue weighted by atomic mass is 79.9. The number of carboxylic acids is 1. The van der Waals surface area contributed by atoms with Crippen molar-refractivity contribution >= 4 is 21.9 Å². The van der Waals surface area contributed by atoms with Crippen LogP contribution in [-0.4, -0.2) is 40.9 Å². The van der Waals surface area contributed by atoms with E-state index in [4.69, 9.17) is 5.11 Å². The maximum atomic E-state index is 11.1. The van der Waals surface area contributed by atoms with Crippen LogP contribution in [0, 0.1) is 0 Å². The van der Waals surface area contributed by atoms with E-state index in [1.54, 1.807) is 0 Å². The van der Waals surface area contributed by atoms with Crippen molar-refractivity contribution in [2.75, 3.05) is 25.0 Å². The predicted molar refractivity (Wildman–Crippen MR) is 281 cm³/mol. The Morgan fingerprint density at radius 1 is 0.361 bits per heavy atom. The normalized spacial score (nSPS) is 12.2. The Bertz CT molecular complexity index is 963. The van der Waals surface area contributed by atoms with Gasteiger partial charge in [-0.15, -0.1) is 0 Å². The minimum Gasteiger partial charge on any atom is -0.481 e. The average Bonchev–Trinajstić information content (AvgIpc) is 3.26. The van der Waals surface area contributed by atoms with E-state index in [0.29, 0.717) is 6.54 Å². The summed E-state index contributed by atoms with van der Waals surface area (Å²) in [6, 6.07) is 0. The standard InChI is InChI=1S/C39H71NO2.C18H33Br/c1-3-5-7-9-11-13-15-17-19-21-23-25-27-29-31-33-36-40(38-35-39(41)42)37-34-32-30-28-26-24-22-20-18-16-14-12-10-8-6-4-2;1-2-3-4-5-6-7-8-9-10-11-12-13-14-15-16-17-18-19/h11-14,17-20H,3-10,15-16,21-38H2,1-2H3,(H,41,42);6-7,9-10H,2-5,8,11-18H2,1H3/b13-11-,14-12-,19-17-,20-18-;7-6-,10-9-. The van der Waals surface area contributed by atoms with Gasteiger partial charge in [0.1, 0.15) is 0 Å². The van der Waals surface area contributed by atoms with Gasteiger partial charge in [-0.2, -0.15) is 0 Å². The number of carboxylic acid groups (broad SMARTS) is 1. The monoisotopic (exact) mass is 914 g/mol. The molecule has 0 unspecified atom stereocenters. The lowest BCUT2D eigenvalue weighted by Gasteiger charge is -2.21. The van der Waals surface area contributed by atoms with Gasteiger partial charge in [0.05, 0.1) is 6.42 Å². The summed E-state index contributed by atoms with van der Waals surface area (Å²) < 4.78 is 0. The number of unbranched alkanes of at least 4 members (excludes halogenated alkanes) is 27. The minimum atomic E-state index is -0.672. The van der Waals surface area contributed by atoms with Crippen molar-refractivity contribution in [3.8, 4) is 0 Å². The van der Waals surface area contributed by atoms with Gasteiger partial charge in [0, 0.05) is 11.9 Å². The second-order valence-electron chi connectivity index (χ2n) is 17.4. The lowest BCUT2D eigenvalue weighted by molar-refractivity contribution is -0.137. The Hall–Kier alpha value is -1.65. The van der Waals surface area contributed by atoms with Crippen LogP contribution in [0.2, 0.25) is 0 Å². The number of rotatable bonds is 47. The first-order valence-corrected chi connectivity index (χ1v) is 27.6. The van der Waals surface area contributed by atoms with Gasteiger partial charge in [-0.25, -0.2) is 0 Å². The molecule has 0 atom stereocenters. The molecule has 0 heterocycles. The van der Waals surface area contributed by atoms with E-state index in [1.165, 1.54) is 217 Å². The molecule has 0 aliphatic carbocycles. The molecule has 0 aliphatic rings. The van der Waals surface area contributed by atoms with Crippen molar-refractivity contribution in [1.29, 1.82) is 0 Å². The smallest absolute Gasteiger partial charge is 0.304 e. The molecule has 0 bridgehead atoms. The van der Waals surface area contributed by atoms with Gasteiger partial charge in [-0.05, 0) is 129 Å². The first-order chi connectivity index (χ1) is 30.1. The van der Waals surface area contributed by atoms with E-state index in [-0.39, 0.29) is 6.42 Å². The van der Waals surface area contributed by atoms with Crippen molar-refractivity contribution < 1.29 is 9.90 Å². The molecule has 356 valence electrons. The van der Waals surface area contributed by atoms with Gasteiger partial charge >= 0.3 is 5.97 Å². The SMILES string of the molecule is CCCCC/C=C\C/C=C\CCCCCCCCBr.CCCCC/C=C\C/C=C\CCCCCCCCN(CCCCCCCC/C=C\C/C=C\CCCCC)CCC(=O)O. The molecule has 0 saturated carbocycles. The highest BCUT2D eigenvalue weighted by molar-refractivity contribution is 9.09. The highest BCUT2D eigenvalue weighted by Gasteiger charge is 2.07. The topological polar surface area (TPSA) is 40.5 Å². The van der Waals surface area contributed by atoms with Crippen LogP contribution in [-0.2, 0) is 4.79 Å². The molecule has 0 aromatic carbocycles. The van der Waals surface area contributed by atoms with E-state index in [0.717, 1.165) is 32.4 Å². The summed E-state index contributed by atoms with van der Waals surface area (Å²) in [7, 11) is 0. The summed E-state index contributed by atoms with van der Waals surface area (Å²) in [5, 5.41) is 10.3. The average molecular weight is 915 g/mol. The molecule has 0 aromatic rings. The molecule has 1 N–H and O–H groups in total. The largest absolute Gasteiger partial charge is 0.481 e. The van der Waals surface area contributed by atoms with Crippen LogP contribution in [0.25, 0.3) is 0 Å². The van der Waals surface area contributed by atoms with E-state index in [9.17, 15) is 4.79 Å². The molecule has 3 nitrogen and oxygen atoms in total. The quantitative estimate of drug-likeness (QED) is 0.0376. The van der Waals surface area contributed by atoms with E-state index in [2.05, 4.69) is 115 Å². The summed E-state index contributed by atoms with van der Waals surface area (Å²) in [5.74, 6) is -0.672. The second-order valence-corrected chi connectivity index (χ2v) is 18.2. The Morgan fingerprint density at radius 2 is 0.623 bits per heavy atom. The zero-order valence-electron chi connectivity index (χ0n) is 41.1. The molecule has 4 heteroatoms. The number of alkyl halides is 1. The fraction of sp³-hybridized carbons (Fsp3) is 0.772. The number of aliphatic carboxylic acids is 1. The van der Waals surface area contributed by atoms with Crippen LogP contribution in [0.1, 0.15) is 258 Å². The van der Waals surface area contributed by atoms with Crippen LogP contribution >= 0.6 is 15.9 Å². The first kappa shape index (κ1) is 61.4. The number of nitrogens with zero attached hydrogens (tertiary/aromatic N) is 1. The summed E-state index contributed by atoms with van der Waals surface area (Å²) in [5.41, 5.74) is 0. The molecular formula is C57H104BrNO2. The van der Waals surface area contributed by atoms with Crippen LogP contribution < -0.4 is 0 Å². The molecule has 0 fully saturated rings. The zero-order valence-corrected chi connectivity index (χ0v) is 42.7. The van der Waals surface area contributed by atoms with Crippen molar-refractivity contribution in [2.24, 2.45) is 0 Å². The fourth-order valence-electron chi connectivity index (χ4n) is 7.32. The maximum Gasteiger partial charge on any atom is 0.304 e. The van der Waals surface area contributed by atoms with Crippen molar-refractivity contribution in [3.05, 3.63) is 72.9 Å². The highest BCUT2D eigenvalue weighted by Crippen LogP contribution is 2.13. The van der Waals surface area contributed by atoms with Gasteiger partial charge in [0.2, 0.25) is 0 Å². The third-order valence-electron chi connectivity index (χ3n) is 11.3. The number of hydrogen-bond donors (Lipinski definition) is 1. The predicted octanol–water partition coefficient (Wildman–Crippen LogP) is 19.6. The Labute approximate surface area is 391 Å². The fourth-order valence-corrected chi connectivity index (χ4v) is 7.72. The summed E-state index contributed by atoms with van der Waals surface area (Å²) in [6.07, 6.45) is 74.7. The number of allylic oxidation sites excluding steroid dienone is 12. The third-order valence-corrected chi connectivity index (χ3v) is 11.9. The Kier molecular flexibility index (Phi) is 58.8. The Morgan fingerprint density at radius 3 is 0.902 bits per heavy atom. The van der Waals surface area contributed by atoms with Gasteiger partial charge in [0.25, 0.3) is 0 Å². The van der Waals surface area contributed by atoms with Crippen LogP contribution in [0.3, 0.4) is 0 Å². The second kappa shape index (κ2) is 58.4. The summed E-state index contributed by atoms with van der Waals surface area (Å²) in [4.78, 5) is 13.5.